The second kappa shape index (κ2) is 6.10. The molecule has 0 aliphatic rings. The Bertz CT molecular complexity index is 720. The molecule has 0 bridgehead atoms. The molecule has 106 valence electrons. The lowest BCUT2D eigenvalue weighted by atomic mass is 10.1. The molecule has 0 unspecified atom stereocenters. The van der Waals surface area contributed by atoms with E-state index in [4.69, 9.17) is 4.42 Å². The predicted octanol–water partition coefficient (Wildman–Crippen LogP) is 3.80. The molecule has 0 radical (unpaired) electrons. The van der Waals surface area contributed by atoms with Crippen molar-refractivity contribution in [1.29, 1.82) is 0 Å². The summed E-state index contributed by atoms with van der Waals surface area (Å²) in [6, 6.07) is 5.18. The molecule has 4 nitrogen and oxygen atoms in total. The van der Waals surface area contributed by atoms with Crippen LogP contribution in [0.1, 0.15) is 24.2 Å². The highest BCUT2D eigenvalue weighted by Crippen LogP contribution is 2.28. The van der Waals surface area contributed by atoms with Crippen LogP contribution in [0.25, 0.3) is 11.0 Å². The van der Waals surface area contributed by atoms with Gasteiger partial charge in [-0.2, -0.15) is 0 Å². The third-order valence-corrected chi connectivity index (χ3v) is 4.08. The number of nitrogens with zero attached hydrogens (tertiary/aromatic N) is 1. The van der Waals surface area contributed by atoms with Gasteiger partial charge in [-0.3, -0.25) is 4.79 Å². The van der Waals surface area contributed by atoms with Crippen LogP contribution < -0.4 is 5.63 Å². The molecule has 1 aromatic carbocycles. The standard InChI is InChI=1S/C14H13Br2NO3/c1-3-17(4-2)13(18)10-6-8-5-9(15)7-11(16)12(8)20-14(10)19/h5-7H,3-4H2,1-2H3. The van der Waals surface area contributed by atoms with Crippen molar-refractivity contribution in [3.05, 3.63) is 43.1 Å². The Kier molecular flexibility index (Phi) is 4.65. The number of hydrogen-bond donors (Lipinski definition) is 0. The number of halogens is 2. The minimum absolute atomic E-state index is 0.0613. The maximum Gasteiger partial charge on any atom is 0.349 e. The van der Waals surface area contributed by atoms with E-state index in [0.29, 0.717) is 28.5 Å². The number of benzene rings is 1. The summed E-state index contributed by atoms with van der Waals surface area (Å²) in [7, 11) is 0. The smallest absolute Gasteiger partial charge is 0.349 e. The van der Waals surface area contributed by atoms with Gasteiger partial charge in [-0.15, -0.1) is 0 Å². The van der Waals surface area contributed by atoms with Crippen LogP contribution >= 0.6 is 31.9 Å². The van der Waals surface area contributed by atoms with Gasteiger partial charge in [-0.1, -0.05) is 15.9 Å². The molecule has 6 heteroatoms. The van der Waals surface area contributed by atoms with Crippen molar-refractivity contribution in [2.75, 3.05) is 13.1 Å². The normalized spacial score (nSPS) is 10.8. The predicted molar refractivity (Wildman–Crippen MR) is 85.1 cm³/mol. The second-order valence-corrected chi connectivity index (χ2v) is 6.00. The first-order valence-corrected chi connectivity index (χ1v) is 7.78. The summed E-state index contributed by atoms with van der Waals surface area (Å²) in [5, 5.41) is 0.696. The van der Waals surface area contributed by atoms with Crippen molar-refractivity contribution in [3.8, 4) is 0 Å². The first kappa shape index (κ1) is 15.3. The van der Waals surface area contributed by atoms with Crippen LogP contribution in [0.4, 0.5) is 0 Å². The van der Waals surface area contributed by atoms with Crippen LogP contribution in [0.15, 0.2) is 36.4 Å². The lowest BCUT2D eigenvalue weighted by molar-refractivity contribution is 0.0769. The Hall–Kier alpha value is -1.14. The van der Waals surface area contributed by atoms with Crippen LogP contribution in [0.3, 0.4) is 0 Å². The number of fused-ring (bicyclic) bond motifs is 1. The molecule has 1 aromatic heterocycles. The first-order chi connectivity index (χ1) is 9.47. The van der Waals surface area contributed by atoms with Gasteiger partial charge in [-0.05, 0) is 48.0 Å². The van der Waals surface area contributed by atoms with Gasteiger partial charge in [0, 0.05) is 22.9 Å². The van der Waals surface area contributed by atoms with E-state index in [1.165, 1.54) is 0 Å². The van der Waals surface area contributed by atoms with E-state index in [1.807, 2.05) is 19.9 Å². The zero-order valence-electron chi connectivity index (χ0n) is 11.1. The van der Waals surface area contributed by atoms with E-state index in [2.05, 4.69) is 31.9 Å². The second-order valence-electron chi connectivity index (χ2n) is 4.23. The molecule has 2 aromatic rings. The van der Waals surface area contributed by atoms with Crippen LogP contribution in [0.2, 0.25) is 0 Å². The number of amides is 1. The topological polar surface area (TPSA) is 50.5 Å². The van der Waals surface area contributed by atoms with Gasteiger partial charge < -0.3 is 9.32 Å². The molecular weight excluding hydrogens is 390 g/mol. The largest absolute Gasteiger partial charge is 0.421 e. The third kappa shape index (κ3) is 2.81. The van der Waals surface area contributed by atoms with Crippen molar-refractivity contribution >= 4 is 48.7 Å². The lowest BCUT2D eigenvalue weighted by Crippen LogP contribution is -2.33. The van der Waals surface area contributed by atoms with Gasteiger partial charge in [0.25, 0.3) is 5.91 Å². The number of rotatable bonds is 3. The molecule has 1 heterocycles. The van der Waals surface area contributed by atoms with E-state index in [1.54, 1.807) is 17.0 Å². The van der Waals surface area contributed by atoms with Crippen LogP contribution in [0, 0.1) is 0 Å². The van der Waals surface area contributed by atoms with Crippen molar-refractivity contribution < 1.29 is 9.21 Å². The summed E-state index contributed by atoms with van der Waals surface area (Å²) < 4.78 is 6.78. The highest BCUT2D eigenvalue weighted by Gasteiger charge is 2.19. The molecule has 0 atom stereocenters. The van der Waals surface area contributed by atoms with E-state index in [9.17, 15) is 9.59 Å². The summed E-state index contributed by atoms with van der Waals surface area (Å²) >= 11 is 6.72. The van der Waals surface area contributed by atoms with E-state index < -0.39 is 5.63 Å². The molecule has 0 fully saturated rings. The molecule has 1 amide bonds. The van der Waals surface area contributed by atoms with Crippen molar-refractivity contribution in [2.24, 2.45) is 0 Å². The van der Waals surface area contributed by atoms with Gasteiger partial charge in [0.05, 0.1) is 4.47 Å². The van der Waals surface area contributed by atoms with Crippen molar-refractivity contribution in [1.82, 2.24) is 4.90 Å². The van der Waals surface area contributed by atoms with E-state index >= 15 is 0 Å². The van der Waals surface area contributed by atoms with Crippen molar-refractivity contribution in [2.45, 2.75) is 13.8 Å². The van der Waals surface area contributed by atoms with E-state index in [0.717, 1.165) is 4.47 Å². The lowest BCUT2D eigenvalue weighted by Gasteiger charge is -2.17. The Balaban J connectivity index is 2.64. The summed E-state index contributed by atoms with van der Waals surface area (Å²) in [5.41, 5.74) is -0.113. The molecule has 0 saturated carbocycles. The maximum atomic E-state index is 12.3. The van der Waals surface area contributed by atoms with Gasteiger partial charge in [-0.25, -0.2) is 4.79 Å². The Morgan fingerprint density at radius 3 is 2.45 bits per heavy atom. The zero-order valence-corrected chi connectivity index (χ0v) is 14.2. The fraction of sp³-hybridized carbons (Fsp3) is 0.286. The van der Waals surface area contributed by atoms with Gasteiger partial charge in [0.2, 0.25) is 0 Å². The SMILES string of the molecule is CCN(CC)C(=O)c1cc2cc(Br)cc(Br)c2oc1=O. The molecule has 0 aliphatic carbocycles. The summed E-state index contributed by atoms with van der Waals surface area (Å²) in [6.45, 7) is 4.85. The maximum absolute atomic E-state index is 12.3. The fourth-order valence-electron chi connectivity index (χ4n) is 1.99. The summed E-state index contributed by atoms with van der Waals surface area (Å²) in [4.78, 5) is 25.9. The van der Waals surface area contributed by atoms with E-state index in [-0.39, 0.29) is 11.5 Å². The fourth-order valence-corrected chi connectivity index (χ4v) is 3.33. The Morgan fingerprint density at radius 2 is 1.85 bits per heavy atom. The van der Waals surface area contributed by atoms with Crippen LogP contribution in [-0.2, 0) is 0 Å². The van der Waals surface area contributed by atoms with Crippen LogP contribution in [-0.4, -0.2) is 23.9 Å². The van der Waals surface area contributed by atoms with Crippen molar-refractivity contribution in [3.63, 3.8) is 0 Å². The van der Waals surface area contributed by atoms with Crippen LogP contribution in [0.5, 0.6) is 0 Å². The Morgan fingerprint density at radius 1 is 1.20 bits per heavy atom. The summed E-state index contributed by atoms with van der Waals surface area (Å²) in [6.07, 6.45) is 0. The Labute approximate surface area is 133 Å². The summed E-state index contributed by atoms with van der Waals surface area (Å²) in [5.74, 6) is -0.304. The molecule has 2 rings (SSSR count). The molecular formula is C14H13Br2NO3. The number of hydrogen-bond acceptors (Lipinski definition) is 3. The minimum atomic E-state index is -0.613. The minimum Gasteiger partial charge on any atom is -0.421 e. The highest BCUT2D eigenvalue weighted by atomic mass is 79.9. The molecule has 0 aliphatic heterocycles. The quantitative estimate of drug-likeness (QED) is 0.733. The number of carbonyl (C=O) groups excluding carboxylic acids is 1. The molecule has 0 saturated heterocycles. The first-order valence-electron chi connectivity index (χ1n) is 6.20. The monoisotopic (exact) mass is 401 g/mol. The third-order valence-electron chi connectivity index (χ3n) is 3.03. The average Bonchev–Trinajstić information content (AvgIpc) is 2.40. The molecule has 20 heavy (non-hydrogen) atoms. The molecule has 0 N–H and O–H groups in total. The highest BCUT2D eigenvalue weighted by molar-refractivity contribution is 9.11. The average molecular weight is 403 g/mol. The van der Waals surface area contributed by atoms with Gasteiger partial charge in [0.1, 0.15) is 5.56 Å². The van der Waals surface area contributed by atoms with Gasteiger partial charge >= 0.3 is 5.63 Å². The number of carbonyl (C=O) groups is 1. The molecule has 0 spiro atoms. The van der Waals surface area contributed by atoms with Gasteiger partial charge in [0.15, 0.2) is 5.58 Å². The zero-order chi connectivity index (χ0) is 14.9.